The van der Waals surface area contributed by atoms with Crippen molar-refractivity contribution in [2.75, 3.05) is 0 Å². The molecule has 5 nitrogen and oxygen atoms in total. The monoisotopic (exact) mass is 291 g/mol. The third kappa shape index (κ3) is 3.65. The fourth-order valence-electron chi connectivity index (χ4n) is 2.22. The van der Waals surface area contributed by atoms with Crippen LogP contribution in [-0.2, 0) is 6.54 Å². The molecule has 0 fully saturated rings. The van der Waals surface area contributed by atoms with Gasteiger partial charge in [-0.1, -0.05) is 43.5 Å². The van der Waals surface area contributed by atoms with Crippen molar-refractivity contribution in [3.05, 3.63) is 35.8 Å². The maximum Gasteiger partial charge on any atom is 0.358 e. The van der Waals surface area contributed by atoms with E-state index in [0.29, 0.717) is 17.8 Å². The van der Waals surface area contributed by atoms with Crippen LogP contribution in [0.1, 0.15) is 43.1 Å². The first-order valence-corrected chi connectivity index (χ1v) is 7.06. The van der Waals surface area contributed by atoms with Gasteiger partial charge >= 0.3 is 5.97 Å². The van der Waals surface area contributed by atoms with E-state index in [4.69, 9.17) is 0 Å². The summed E-state index contributed by atoms with van der Waals surface area (Å²) in [4.78, 5) is 11.3. The third-order valence-electron chi connectivity index (χ3n) is 3.26. The van der Waals surface area contributed by atoms with Gasteiger partial charge < -0.3 is 5.11 Å². The minimum atomic E-state index is -1.16. The highest BCUT2D eigenvalue weighted by molar-refractivity contribution is 5.92. The van der Waals surface area contributed by atoms with E-state index in [1.54, 1.807) is 16.8 Å². The number of hydrogen-bond acceptors (Lipinski definition) is 3. The quantitative estimate of drug-likeness (QED) is 0.794. The number of carboxylic acids is 1. The van der Waals surface area contributed by atoms with Crippen LogP contribution in [0.25, 0.3) is 11.3 Å². The van der Waals surface area contributed by atoms with Crippen LogP contribution < -0.4 is 0 Å². The molecule has 0 spiro atoms. The van der Waals surface area contributed by atoms with Crippen LogP contribution in [0.4, 0.5) is 4.39 Å². The third-order valence-corrected chi connectivity index (χ3v) is 3.26. The zero-order chi connectivity index (χ0) is 15.2. The van der Waals surface area contributed by atoms with Crippen molar-refractivity contribution in [1.29, 1.82) is 0 Å². The van der Waals surface area contributed by atoms with Crippen LogP contribution in [0.15, 0.2) is 24.3 Å². The van der Waals surface area contributed by atoms with Gasteiger partial charge in [0, 0.05) is 12.1 Å². The summed E-state index contributed by atoms with van der Waals surface area (Å²) in [6.07, 6.45) is 4.17. The zero-order valence-corrected chi connectivity index (χ0v) is 11.9. The first-order chi connectivity index (χ1) is 10.1. The molecule has 6 heteroatoms. The lowest BCUT2D eigenvalue weighted by molar-refractivity contribution is 0.0691. The second kappa shape index (κ2) is 6.97. The van der Waals surface area contributed by atoms with Crippen LogP contribution in [0.2, 0.25) is 0 Å². The summed E-state index contributed by atoms with van der Waals surface area (Å²) >= 11 is 0. The molecule has 1 heterocycles. The Morgan fingerprint density at radius 3 is 2.81 bits per heavy atom. The molecule has 2 rings (SSSR count). The van der Waals surface area contributed by atoms with E-state index >= 15 is 0 Å². The number of hydrogen-bond donors (Lipinski definition) is 1. The Kier molecular flexibility index (Phi) is 5.03. The molecule has 0 atom stereocenters. The van der Waals surface area contributed by atoms with Gasteiger partial charge in [0.2, 0.25) is 0 Å². The van der Waals surface area contributed by atoms with Crippen LogP contribution in [0.3, 0.4) is 0 Å². The average molecular weight is 291 g/mol. The molecule has 21 heavy (non-hydrogen) atoms. The molecule has 1 aromatic heterocycles. The Hall–Kier alpha value is -2.24. The van der Waals surface area contributed by atoms with Gasteiger partial charge in [0.15, 0.2) is 5.69 Å². The fraction of sp³-hybridized carbons (Fsp3) is 0.400. The predicted octanol–water partition coefficient (Wildman–Crippen LogP) is 3.36. The lowest BCUT2D eigenvalue weighted by Gasteiger charge is -2.07. The summed E-state index contributed by atoms with van der Waals surface area (Å²) in [6.45, 7) is 2.70. The lowest BCUT2D eigenvalue weighted by atomic mass is 10.1. The van der Waals surface area contributed by atoms with Crippen molar-refractivity contribution < 1.29 is 14.3 Å². The van der Waals surface area contributed by atoms with Crippen LogP contribution in [-0.4, -0.2) is 26.1 Å². The van der Waals surface area contributed by atoms with Gasteiger partial charge in [0.1, 0.15) is 11.5 Å². The molecule has 1 aromatic carbocycles. The summed E-state index contributed by atoms with van der Waals surface area (Å²) in [6, 6.07) is 5.83. The number of halogens is 1. The smallest absolute Gasteiger partial charge is 0.358 e. The summed E-state index contributed by atoms with van der Waals surface area (Å²) < 4.78 is 14.9. The number of carboxylic acid groups (broad SMARTS) is 1. The van der Waals surface area contributed by atoms with Crippen molar-refractivity contribution in [2.24, 2.45) is 0 Å². The maximum atomic E-state index is 13.4. The minimum absolute atomic E-state index is 0.143. The van der Waals surface area contributed by atoms with Gasteiger partial charge in [0.05, 0.1) is 0 Å². The van der Waals surface area contributed by atoms with Crippen LogP contribution >= 0.6 is 0 Å². The molecule has 0 aliphatic rings. The fourth-order valence-corrected chi connectivity index (χ4v) is 2.22. The molecule has 2 aromatic rings. The van der Waals surface area contributed by atoms with Gasteiger partial charge in [-0.3, -0.25) is 0 Å². The van der Waals surface area contributed by atoms with Crippen LogP contribution in [0.5, 0.6) is 0 Å². The molecule has 0 aliphatic heterocycles. The van der Waals surface area contributed by atoms with Gasteiger partial charge in [-0.15, -0.1) is 5.10 Å². The summed E-state index contributed by atoms with van der Waals surface area (Å²) in [5.74, 6) is -1.57. The normalized spacial score (nSPS) is 10.8. The first-order valence-electron chi connectivity index (χ1n) is 7.06. The Morgan fingerprint density at radius 1 is 1.33 bits per heavy atom. The number of carbonyl (C=O) groups is 1. The van der Waals surface area contributed by atoms with E-state index in [2.05, 4.69) is 17.2 Å². The van der Waals surface area contributed by atoms with Crippen molar-refractivity contribution >= 4 is 5.97 Å². The van der Waals surface area contributed by atoms with E-state index < -0.39 is 11.8 Å². The summed E-state index contributed by atoms with van der Waals surface area (Å²) in [7, 11) is 0. The molecule has 0 bridgehead atoms. The molecule has 112 valence electrons. The molecule has 0 aliphatic carbocycles. The van der Waals surface area contributed by atoms with Crippen molar-refractivity contribution in [2.45, 2.75) is 39.2 Å². The van der Waals surface area contributed by atoms with E-state index in [1.807, 2.05) is 0 Å². The number of unbranched alkanes of at least 4 members (excludes halogenated alkanes) is 3. The maximum absolute atomic E-state index is 13.4. The van der Waals surface area contributed by atoms with Crippen molar-refractivity contribution in [1.82, 2.24) is 15.0 Å². The minimum Gasteiger partial charge on any atom is -0.476 e. The topological polar surface area (TPSA) is 68.0 Å². The lowest BCUT2D eigenvalue weighted by Crippen LogP contribution is -2.05. The molecule has 1 N–H and O–H groups in total. The molecule has 0 amide bonds. The second-order valence-corrected chi connectivity index (χ2v) is 4.89. The van der Waals surface area contributed by atoms with Gasteiger partial charge in [-0.25, -0.2) is 13.9 Å². The number of aromatic carboxylic acids is 1. The van der Waals surface area contributed by atoms with Crippen molar-refractivity contribution in [3.8, 4) is 11.3 Å². The predicted molar refractivity (Wildman–Crippen MR) is 76.5 cm³/mol. The van der Waals surface area contributed by atoms with Gasteiger partial charge in [0.25, 0.3) is 0 Å². The van der Waals surface area contributed by atoms with E-state index in [1.165, 1.54) is 12.1 Å². The standard InChI is InChI=1S/C15H18FN3O2/c1-2-3-4-5-9-19-14(13(15(20)21)17-18-19)11-7-6-8-12(16)10-11/h6-8,10H,2-5,9H2,1H3,(H,20,21). The summed E-state index contributed by atoms with van der Waals surface area (Å²) in [5, 5.41) is 16.8. The average Bonchev–Trinajstić information content (AvgIpc) is 2.87. The molecule has 0 unspecified atom stereocenters. The first kappa shape index (κ1) is 15.2. The van der Waals surface area contributed by atoms with E-state index in [-0.39, 0.29) is 5.69 Å². The van der Waals surface area contributed by atoms with Crippen LogP contribution in [0, 0.1) is 5.82 Å². The number of aryl methyl sites for hydroxylation is 1. The largest absolute Gasteiger partial charge is 0.476 e. The van der Waals surface area contributed by atoms with E-state index in [0.717, 1.165) is 25.7 Å². The van der Waals surface area contributed by atoms with Crippen molar-refractivity contribution in [3.63, 3.8) is 0 Å². The molecular formula is C15H18FN3O2. The second-order valence-electron chi connectivity index (χ2n) is 4.89. The highest BCUT2D eigenvalue weighted by Gasteiger charge is 2.20. The number of rotatable bonds is 7. The number of benzene rings is 1. The molecule has 0 saturated carbocycles. The van der Waals surface area contributed by atoms with Gasteiger partial charge in [-0.2, -0.15) is 0 Å². The number of nitrogens with zero attached hydrogens (tertiary/aromatic N) is 3. The summed E-state index contributed by atoms with van der Waals surface area (Å²) in [5.41, 5.74) is 0.697. The SMILES string of the molecule is CCCCCCn1nnc(C(=O)O)c1-c1cccc(F)c1. The Bertz CT molecular complexity index is 625. The van der Waals surface area contributed by atoms with E-state index in [9.17, 15) is 14.3 Å². The zero-order valence-electron chi connectivity index (χ0n) is 11.9. The Morgan fingerprint density at radius 2 is 2.14 bits per heavy atom. The van der Waals surface area contributed by atoms with Gasteiger partial charge in [-0.05, 0) is 18.6 Å². The molecular weight excluding hydrogens is 273 g/mol. The Labute approximate surface area is 122 Å². The highest BCUT2D eigenvalue weighted by Crippen LogP contribution is 2.23. The Balaban J connectivity index is 2.31. The number of aromatic nitrogens is 3. The highest BCUT2D eigenvalue weighted by atomic mass is 19.1. The molecule has 0 saturated heterocycles. The molecule has 0 radical (unpaired) electrons.